The molecule has 1 aliphatic heterocycles. The molecule has 8 heteroatoms. The zero-order valence-corrected chi connectivity index (χ0v) is 13.8. The number of nitrogens with one attached hydrogen (secondary N) is 1. The number of sulfonamides is 1. The third-order valence-electron chi connectivity index (χ3n) is 4.05. The predicted molar refractivity (Wildman–Crippen MR) is 86.2 cm³/mol. The average Bonchev–Trinajstić information content (AvgIpc) is 3.08. The number of carbonyl (C=O) groups excluding carboxylic acids is 1. The maximum absolute atomic E-state index is 13.0. The second-order valence-corrected chi connectivity index (χ2v) is 7.55. The first-order valence-corrected chi connectivity index (χ1v) is 9.06. The number of aromatic amines is 1. The van der Waals surface area contributed by atoms with Gasteiger partial charge in [0.25, 0.3) is 0 Å². The van der Waals surface area contributed by atoms with Crippen molar-refractivity contribution in [2.24, 2.45) is 0 Å². The molecule has 1 aromatic heterocycles. The summed E-state index contributed by atoms with van der Waals surface area (Å²) in [6.45, 7) is 1.16. The van der Waals surface area contributed by atoms with Gasteiger partial charge in [-0.2, -0.15) is 4.31 Å². The molecule has 24 heavy (non-hydrogen) atoms. The predicted octanol–water partition coefficient (Wildman–Crippen LogP) is 1.23. The normalized spacial score (nSPS) is 16.3. The lowest BCUT2D eigenvalue weighted by Crippen LogP contribution is -2.50. The molecule has 1 fully saturated rings. The molecule has 1 saturated heterocycles. The molecule has 0 radical (unpaired) electrons. The van der Waals surface area contributed by atoms with Crippen molar-refractivity contribution in [1.82, 2.24) is 14.2 Å². The molecule has 1 amide bonds. The van der Waals surface area contributed by atoms with Gasteiger partial charge in [0.05, 0.1) is 11.3 Å². The molecular weight excluding hydrogens is 333 g/mol. The maximum Gasteiger partial charge on any atom is 0.243 e. The quantitative estimate of drug-likeness (QED) is 0.900. The van der Waals surface area contributed by atoms with Crippen molar-refractivity contribution in [3.05, 3.63) is 54.1 Å². The van der Waals surface area contributed by atoms with Gasteiger partial charge in [0.1, 0.15) is 5.82 Å². The number of rotatable bonds is 4. The van der Waals surface area contributed by atoms with Gasteiger partial charge in [-0.3, -0.25) is 4.79 Å². The Hall–Kier alpha value is -2.19. The Morgan fingerprint density at radius 1 is 1.08 bits per heavy atom. The van der Waals surface area contributed by atoms with Gasteiger partial charge in [0.15, 0.2) is 0 Å². The van der Waals surface area contributed by atoms with E-state index >= 15 is 0 Å². The van der Waals surface area contributed by atoms with Crippen LogP contribution in [0.25, 0.3) is 0 Å². The van der Waals surface area contributed by atoms with Gasteiger partial charge in [0.2, 0.25) is 15.9 Å². The van der Waals surface area contributed by atoms with Gasteiger partial charge in [-0.15, -0.1) is 0 Å². The van der Waals surface area contributed by atoms with Gasteiger partial charge in [-0.1, -0.05) is 0 Å². The molecule has 2 heterocycles. The van der Waals surface area contributed by atoms with Gasteiger partial charge < -0.3 is 9.88 Å². The summed E-state index contributed by atoms with van der Waals surface area (Å²) < 4.78 is 39.3. The van der Waals surface area contributed by atoms with Crippen LogP contribution in [0.2, 0.25) is 0 Å². The maximum atomic E-state index is 13.0. The summed E-state index contributed by atoms with van der Waals surface area (Å²) in [6, 6.07) is 8.44. The zero-order chi connectivity index (χ0) is 17.2. The van der Waals surface area contributed by atoms with Gasteiger partial charge >= 0.3 is 0 Å². The molecule has 3 rings (SSSR count). The van der Waals surface area contributed by atoms with Crippen LogP contribution < -0.4 is 0 Å². The van der Waals surface area contributed by atoms with Gasteiger partial charge in [-0.05, 0) is 36.4 Å². The highest BCUT2D eigenvalue weighted by Crippen LogP contribution is 2.18. The summed E-state index contributed by atoms with van der Waals surface area (Å²) in [5.41, 5.74) is 0.835. The van der Waals surface area contributed by atoms with Crippen LogP contribution in [0.5, 0.6) is 0 Å². The number of H-pyrrole nitrogens is 1. The van der Waals surface area contributed by atoms with Crippen molar-refractivity contribution in [2.45, 2.75) is 11.3 Å². The molecule has 1 aromatic carbocycles. The van der Waals surface area contributed by atoms with Crippen molar-refractivity contribution in [3.63, 3.8) is 0 Å². The Bertz CT molecular complexity index is 796. The van der Waals surface area contributed by atoms with Crippen molar-refractivity contribution in [2.75, 3.05) is 26.2 Å². The summed E-state index contributed by atoms with van der Waals surface area (Å²) in [7, 11) is -3.66. The minimum atomic E-state index is -3.66. The first-order valence-electron chi connectivity index (χ1n) is 7.62. The minimum absolute atomic E-state index is 0.0312. The number of piperazine rings is 1. The lowest BCUT2D eigenvalue weighted by molar-refractivity contribution is -0.131. The second-order valence-electron chi connectivity index (χ2n) is 5.61. The summed E-state index contributed by atoms with van der Waals surface area (Å²) in [6.07, 6.45) is 2.04. The summed E-state index contributed by atoms with van der Waals surface area (Å²) in [5.74, 6) is -0.509. The molecule has 0 unspecified atom stereocenters. The lowest BCUT2D eigenvalue weighted by atomic mass is 10.2. The smallest absolute Gasteiger partial charge is 0.243 e. The van der Waals surface area contributed by atoms with E-state index in [1.807, 2.05) is 12.1 Å². The summed E-state index contributed by atoms with van der Waals surface area (Å²) in [4.78, 5) is 16.9. The molecule has 0 bridgehead atoms. The van der Waals surface area contributed by atoms with Crippen LogP contribution >= 0.6 is 0 Å². The average molecular weight is 351 g/mol. The van der Waals surface area contributed by atoms with Crippen LogP contribution in [0.1, 0.15) is 5.69 Å². The van der Waals surface area contributed by atoms with E-state index in [0.717, 1.165) is 17.8 Å². The first-order chi connectivity index (χ1) is 11.5. The fourth-order valence-electron chi connectivity index (χ4n) is 2.69. The topological polar surface area (TPSA) is 73.5 Å². The highest BCUT2D eigenvalue weighted by atomic mass is 32.2. The SMILES string of the molecule is O=C(Cc1ccc[nH]1)N1CCN(S(=O)(=O)c2ccc(F)cc2)CC1. The number of carbonyl (C=O) groups is 1. The molecule has 0 saturated carbocycles. The Morgan fingerprint density at radius 3 is 2.33 bits per heavy atom. The Labute approximate surface area is 139 Å². The van der Waals surface area contributed by atoms with Crippen LogP contribution in [-0.4, -0.2) is 54.7 Å². The molecular formula is C16H18FN3O3S. The first kappa shape index (κ1) is 16.7. The van der Waals surface area contributed by atoms with E-state index in [1.165, 1.54) is 16.4 Å². The Kier molecular flexibility index (Phi) is 4.68. The van der Waals surface area contributed by atoms with E-state index in [4.69, 9.17) is 0 Å². The molecule has 0 spiro atoms. The van der Waals surface area contributed by atoms with Crippen molar-refractivity contribution in [3.8, 4) is 0 Å². The van der Waals surface area contributed by atoms with Crippen LogP contribution in [0.15, 0.2) is 47.5 Å². The lowest BCUT2D eigenvalue weighted by Gasteiger charge is -2.34. The highest BCUT2D eigenvalue weighted by Gasteiger charge is 2.30. The number of hydrogen-bond donors (Lipinski definition) is 1. The van der Waals surface area contributed by atoms with E-state index in [9.17, 15) is 17.6 Å². The molecule has 6 nitrogen and oxygen atoms in total. The second kappa shape index (κ2) is 6.74. The molecule has 1 N–H and O–H groups in total. The summed E-state index contributed by atoms with van der Waals surface area (Å²) in [5, 5.41) is 0. The van der Waals surface area contributed by atoms with E-state index in [0.29, 0.717) is 13.1 Å². The van der Waals surface area contributed by atoms with Gasteiger partial charge in [-0.25, -0.2) is 12.8 Å². The van der Waals surface area contributed by atoms with Crippen LogP contribution in [0.4, 0.5) is 4.39 Å². The Balaban J connectivity index is 1.62. The third kappa shape index (κ3) is 3.49. The molecule has 0 aliphatic carbocycles. The van der Waals surface area contributed by atoms with Crippen LogP contribution in [0.3, 0.4) is 0 Å². The third-order valence-corrected chi connectivity index (χ3v) is 5.96. The fraction of sp³-hybridized carbons (Fsp3) is 0.312. The fourth-order valence-corrected chi connectivity index (χ4v) is 4.11. The number of nitrogens with zero attached hydrogens (tertiary/aromatic N) is 2. The number of aromatic nitrogens is 1. The van der Waals surface area contributed by atoms with Crippen molar-refractivity contribution >= 4 is 15.9 Å². The Morgan fingerprint density at radius 2 is 1.75 bits per heavy atom. The number of benzene rings is 1. The van der Waals surface area contributed by atoms with Crippen LogP contribution in [-0.2, 0) is 21.2 Å². The van der Waals surface area contributed by atoms with Crippen molar-refractivity contribution in [1.29, 1.82) is 0 Å². The van der Waals surface area contributed by atoms with Crippen LogP contribution in [0, 0.1) is 5.82 Å². The minimum Gasteiger partial charge on any atom is -0.365 e. The molecule has 128 valence electrons. The highest BCUT2D eigenvalue weighted by molar-refractivity contribution is 7.89. The molecule has 2 aromatic rings. The van der Waals surface area contributed by atoms with Gasteiger partial charge in [0, 0.05) is 38.1 Å². The molecule has 1 aliphatic rings. The summed E-state index contributed by atoms with van der Waals surface area (Å²) >= 11 is 0. The number of halogens is 1. The van der Waals surface area contributed by atoms with E-state index in [2.05, 4.69) is 4.98 Å². The monoisotopic (exact) mass is 351 g/mol. The van der Waals surface area contributed by atoms with E-state index in [-0.39, 0.29) is 30.3 Å². The van der Waals surface area contributed by atoms with Crippen molar-refractivity contribution < 1.29 is 17.6 Å². The number of amides is 1. The molecule has 0 atom stereocenters. The largest absolute Gasteiger partial charge is 0.365 e. The van der Waals surface area contributed by atoms with E-state index < -0.39 is 15.8 Å². The zero-order valence-electron chi connectivity index (χ0n) is 13.0. The van der Waals surface area contributed by atoms with E-state index in [1.54, 1.807) is 11.1 Å². The standard InChI is InChI=1S/C16H18FN3O3S/c17-13-3-5-15(6-4-13)24(22,23)20-10-8-19(9-11-20)16(21)12-14-2-1-7-18-14/h1-7,18H,8-12H2. The number of hydrogen-bond acceptors (Lipinski definition) is 3.